The van der Waals surface area contributed by atoms with Crippen molar-refractivity contribution in [3.8, 4) is 23.0 Å². The third-order valence-electron chi connectivity index (χ3n) is 14.8. The van der Waals surface area contributed by atoms with Crippen molar-refractivity contribution in [3.63, 3.8) is 0 Å². The Hall–Kier alpha value is -3.92. The molecule has 4 fully saturated rings. The van der Waals surface area contributed by atoms with Crippen LogP contribution in [0.15, 0.2) is 72.8 Å². The van der Waals surface area contributed by atoms with Gasteiger partial charge in [0.15, 0.2) is 0 Å². The van der Waals surface area contributed by atoms with Gasteiger partial charge < -0.3 is 20.4 Å². The van der Waals surface area contributed by atoms with Crippen LogP contribution in [0.4, 0.5) is 0 Å². The number of benzene rings is 4. The molecule has 1 atom stereocenters. The molecule has 0 aliphatic heterocycles. The summed E-state index contributed by atoms with van der Waals surface area (Å²) in [5.41, 5.74) is 9.68. The van der Waals surface area contributed by atoms with Crippen molar-refractivity contribution in [1.82, 2.24) is 0 Å². The lowest BCUT2D eigenvalue weighted by Crippen LogP contribution is -2.41. The second-order valence-corrected chi connectivity index (χ2v) is 19.8. The molecular weight excluding hydrogens is 701 g/mol. The second-order valence-electron chi connectivity index (χ2n) is 19.8. The first-order valence-corrected chi connectivity index (χ1v) is 22.6. The normalized spacial score (nSPS) is 22.3. The molecule has 4 N–H and O–H groups in total. The van der Waals surface area contributed by atoms with Crippen LogP contribution in [0.5, 0.6) is 23.0 Å². The molecule has 4 aromatic carbocycles. The van der Waals surface area contributed by atoms with Crippen LogP contribution in [0.1, 0.15) is 193 Å². The summed E-state index contributed by atoms with van der Waals surface area (Å²) in [7, 11) is 0. The van der Waals surface area contributed by atoms with Gasteiger partial charge in [0, 0.05) is 10.8 Å². The van der Waals surface area contributed by atoms with Crippen molar-refractivity contribution in [2.75, 3.05) is 0 Å². The molecule has 0 aromatic heterocycles. The molecule has 8 rings (SSSR count). The predicted molar refractivity (Wildman–Crippen MR) is 235 cm³/mol. The third-order valence-corrected chi connectivity index (χ3v) is 14.8. The van der Waals surface area contributed by atoms with E-state index in [1.807, 2.05) is 38.1 Å². The minimum absolute atomic E-state index is 0.00643. The van der Waals surface area contributed by atoms with Crippen molar-refractivity contribution in [3.05, 3.63) is 117 Å². The Morgan fingerprint density at radius 2 is 0.842 bits per heavy atom. The average molecular weight is 771 g/mol. The van der Waals surface area contributed by atoms with Crippen molar-refractivity contribution in [1.29, 1.82) is 0 Å². The van der Waals surface area contributed by atoms with E-state index >= 15 is 0 Å². The number of aryl methyl sites for hydroxylation is 2. The fourth-order valence-electron chi connectivity index (χ4n) is 12.2. The molecule has 0 radical (unpaired) electrons. The number of phenols is 4. The van der Waals surface area contributed by atoms with Gasteiger partial charge in [-0.1, -0.05) is 127 Å². The van der Waals surface area contributed by atoms with Gasteiger partial charge in [0.25, 0.3) is 0 Å². The molecule has 4 aliphatic rings. The minimum atomic E-state index is -0.0852. The quantitative estimate of drug-likeness (QED) is 0.157. The Balaban J connectivity index is 0.000000180. The van der Waals surface area contributed by atoms with E-state index in [1.165, 1.54) is 123 Å². The molecule has 1 unspecified atom stereocenters. The zero-order chi connectivity index (χ0) is 40.4. The van der Waals surface area contributed by atoms with E-state index in [9.17, 15) is 20.4 Å². The summed E-state index contributed by atoms with van der Waals surface area (Å²) < 4.78 is 0. The van der Waals surface area contributed by atoms with Crippen molar-refractivity contribution in [2.24, 2.45) is 11.3 Å². The van der Waals surface area contributed by atoms with Crippen LogP contribution in [-0.2, 0) is 10.8 Å². The Morgan fingerprint density at radius 1 is 0.456 bits per heavy atom. The molecule has 57 heavy (non-hydrogen) atoms. The maximum atomic E-state index is 10.8. The maximum absolute atomic E-state index is 10.8. The molecule has 4 aromatic rings. The first kappa shape index (κ1) is 41.2. The van der Waals surface area contributed by atoms with Crippen LogP contribution in [0, 0.1) is 25.2 Å². The van der Waals surface area contributed by atoms with Crippen LogP contribution in [0.25, 0.3) is 0 Å². The second kappa shape index (κ2) is 17.1. The zero-order valence-corrected chi connectivity index (χ0v) is 35.7. The minimum Gasteiger partial charge on any atom is -0.508 e. The van der Waals surface area contributed by atoms with Gasteiger partial charge in [-0.15, -0.1) is 0 Å². The smallest absolute Gasteiger partial charge is 0.119 e. The first-order valence-electron chi connectivity index (χ1n) is 22.6. The molecule has 4 saturated carbocycles. The highest BCUT2D eigenvalue weighted by molar-refractivity contribution is 5.51. The lowest BCUT2D eigenvalue weighted by atomic mass is 9.55. The number of hydrogen-bond donors (Lipinski definition) is 4. The summed E-state index contributed by atoms with van der Waals surface area (Å²) in [5.74, 6) is 3.30. The molecule has 0 spiro atoms. The lowest BCUT2D eigenvalue weighted by molar-refractivity contribution is 0.126. The standard InChI is InChI=1S/C30H40O2.C23H30O2/c31-28-16-14-24(20-26(28)22-10-4-1-5-11-22)30(18-8-3-9-19-30)25-15-17-29(32)27(21-25)23-12-6-2-7-13-23;1-15-12-22(4,5)14-23(13-15,18-6-8-20(24)16(2)10-18)19-7-9-21(25)17(3)11-19/h14-17,20-23,31-32H,1-13,18-19H2;6-11,15,24-25H,12-14H2,1-5H3. The Labute approximate surface area is 343 Å². The van der Waals surface area contributed by atoms with Crippen LogP contribution < -0.4 is 0 Å². The van der Waals surface area contributed by atoms with Gasteiger partial charge in [-0.3, -0.25) is 0 Å². The van der Waals surface area contributed by atoms with Gasteiger partial charge >= 0.3 is 0 Å². The van der Waals surface area contributed by atoms with E-state index in [0.29, 0.717) is 40.8 Å². The molecule has 4 nitrogen and oxygen atoms in total. The van der Waals surface area contributed by atoms with Gasteiger partial charge in [0.05, 0.1) is 0 Å². The van der Waals surface area contributed by atoms with Gasteiger partial charge in [0.2, 0.25) is 0 Å². The molecule has 4 aliphatic carbocycles. The summed E-state index contributed by atoms with van der Waals surface area (Å²) in [6.45, 7) is 11.0. The Kier molecular flexibility index (Phi) is 12.4. The molecule has 4 heteroatoms. The number of rotatable bonds is 6. The summed E-state index contributed by atoms with van der Waals surface area (Å²) in [5, 5.41) is 41.5. The summed E-state index contributed by atoms with van der Waals surface area (Å²) >= 11 is 0. The topological polar surface area (TPSA) is 80.9 Å². The first-order chi connectivity index (χ1) is 27.3. The average Bonchev–Trinajstić information content (AvgIpc) is 3.20. The van der Waals surface area contributed by atoms with Gasteiger partial charge in [-0.05, 0) is 164 Å². The number of aromatic hydroxyl groups is 4. The molecule has 306 valence electrons. The van der Waals surface area contributed by atoms with Crippen LogP contribution in [0.3, 0.4) is 0 Å². The van der Waals surface area contributed by atoms with E-state index in [-0.39, 0.29) is 16.2 Å². The summed E-state index contributed by atoms with van der Waals surface area (Å²) in [6.07, 6.45) is 22.1. The van der Waals surface area contributed by atoms with Crippen LogP contribution in [0.2, 0.25) is 0 Å². The van der Waals surface area contributed by atoms with Crippen molar-refractivity contribution < 1.29 is 20.4 Å². The number of phenolic OH excluding ortho intramolecular Hbond substituents is 4. The molecule has 0 saturated heterocycles. The highest BCUT2D eigenvalue weighted by atomic mass is 16.3. The lowest BCUT2D eigenvalue weighted by Gasteiger charge is -2.49. The van der Waals surface area contributed by atoms with Crippen molar-refractivity contribution >= 4 is 0 Å². The highest BCUT2D eigenvalue weighted by Gasteiger charge is 2.45. The van der Waals surface area contributed by atoms with Gasteiger partial charge in [-0.25, -0.2) is 0 Å². The Morgan fingerprint density at radius 3 is 1.25 bits per heavy atom. The highest BCUT2D eigenvalue weighted by Crippen LogP contribution is 2.54. The SMILES string of the molecule is Cc1cc(C2(c3ccc(O)c(C)c3)CC(C)CC(C)(C)C2)ccc1O.Oc1ccc(C2(c3ccc(O)c(C4CCCCC4)c3)CCCCC2)cc1C1CCCCC1. The monoisotopic (exact) mass is 771 g/mol. The molecule has 0 heterocycles. The van der Waals surface area contributed by atoms with E-state index < -0.39 is 0 Å². The summed E-state index contributed by atoms with van der Waals surface area (Å²) in [6, 6.07) is 25.2. The van der Waals surface area contributed by atoms with Gasteiger partial charge in [0.1, 0.15) is 23.0 Å². The molecule has 0 amide bonds. The van der Waals surface area contributed by atoms with Crippen LogP contribution >= 0.6 is 0 Å². The molecule has 0 bridgehead atoms. The maximum Gasteiger partial charge on any atom is 0.119 e. The summed E-state index contributed by atoms with van der Waals surface area (Å²) in [4.78, 5) is 0. The largest absolute Gasteiger partial charge is 0.508 e. The zero-order valence-electron chi connectivity index (χ0n) is 35.7. The van der Waals surface area contributed by atoms with E-state index in [0.717, 1.165) is 36.8 Å². The van der Waals surface area contributed by atoms with Gasteiger partial charge in [-0.2, -0.15) is 0 Å². The number of hydrogen-bond acceptors (Lipinski definition) is 4. The van der Waals surface area contributed by atoms with Crippen LogP contribution in [-0.4, -0.2) is 20.4 Å². The predicted octanol–water partition coefficient (Wildman–Crippen LogP) is 14.3. The Bertz CT molecular complexity index is 1870. The molecular formula is C53H70O4. The fourth-order valence-corrected chi connectivity index (χ4v) is 12.2. The van der Waals surface area contributed by atoms with E-state index in [1.54, 1.807) is 0 Å². The van der Waals surface area contributed by atoms with E-state index in [4.69, 9.17) is 0 Å². The fraction of sp³-hybridized carbons (Fsp3) is 0.547. The van der Waals surface area contributed by atoms with Crippen molar-refractivity contribution in [2.45, 2.75) is 173 Å². The van der Waals surface area contributed by atoms with E-state index in [2.05, 4.69) is 69.3 Å². The third kappa shape index (κ3) is 8.76.